The van der Waals surface area contributed by atoms with Crippen LogP contribution in [0.3, 0.4) is 0 Å². The summed E-state index contributed by atoms with van der Waals surface area (Å²) in [6.07, 6.45) is -1.74. The molecule has 5 nitrogen and oxygen atoms in total. The van der Waals surface area contributed by atoms with Crippen LogP contribution in [0.1, 0.15) is 13.8 Å². The minimum absolute atomic E-state index is 0.657. The summed E-state index contributed by atoms with van der Waals surface area (Å²) >= 11 is 0. The first kappa shape index (κ1) is 7.70. The van der Waals surface area contributed by atoms with Gasteiger partial charge in [-0.1, -0.05) is 0 Å². The maximum atomic E-state index is 10.9. The molecule has 0 spiro atoms. The van der Waals surface area contributed by atoms with Gasteiger partial charge >= 0.3 is 11.9 Å². The van der Waals surface area contributed by atoms with Crippen LogP contribution in [0, 0.1) is 0 Å². The van der Waals surface area contributed by atoms with E-state index in [9.17, 15) is 9.59 Å². The molecule has 12 heavy (non-hydrogen) atoms. The number of rotatable bonds is 0. The van der Waals surface area contributed by atoms with E-state index in [4.69, 9.17) is 9.47 Å². The molecule has 2 rings (SSSR count). The molecule has 5 heteroatoms. The number of carbonyl (C=O) groups excluding carboxylic acids is 2. The molecule has 0 aromatic heterocycles. The van der Waals surface area contributed by atoms with E-state index >= 15 is 0 Å². The number of hydrogen-bond donors (Lipinski definition) is 0. The summed E-state index contributed by atoms with van der Waals surface area (Å²) in [7, 11) is 0. The van der Waals surface area contributed by atoms with Gasteiger partial charge in [-0.2, -0.15) is 0 Å². The Morgan fingerprint density at radius 3 is 1.92 bits per heavy atom. The van der Waals surface area contributed by atoms with E-state index in [2.05, 4.69) is 4.74 Å². The van der Waals surface area contributed by atoms with Gasteiger partial charge in [0.15, 0.2) is 18.0 Å². The molecule has 2 aliphatic rings. The highest BCUT2D eigenvalue weighted by Crippen LogP contribution is 2.32. The van der Waals surface area contributed by atoms with Crippen LogP contribution in [-0.4, -0.2) is 29.9 Å². The second-order valence-electron chi connectivity index (χ2n) is 3.22. The van der Waals surface area contributed by atoms with Gasteiger partial charge in [0, 0.05) is 0 Å². The average Bonchev–Trinajstić information content (AvgIpc) is 2.34. The van der Waals surface area contributed by atoms with Crippen molar-refractivity contribution in [2.24, 2.45) is 0 Å². The molecule has 0 unspecified atom stereocenters. The fraction of sp³-hybridized carbons (Fsp3) is 0.714. The lowest BCUT2D eigenvalue weighted by atomic mass is 10.2. The Hall–Kier alpha value is -0.940. The summed E-state index contributed by atoms with van der Waals surface area (Å²) in [6, 6.07) is 0. The lowest BCUT2D eigenvalue weighted by Gasteiger charge is -2.16. The van der Waals surface area contributed by atoms with E-state index in [1.165, 1.54) is 0 Å². The van der Waals surface area contributed by atoms with Gasteiger partial charge in [0.05, 0.1) is 0 Å². The smallest absolute Gasteiger partial charge is 0.346 e. The minimum atomic E-state index is -0.871. The van der Waals surface area contributed by atoms with E-state index in [0.717, 1.165) is 0 Å². The van der Waals surface area contributed by atoms with Crippen molar-refractivity contribution in [1.82, 2.24) is 0 Å². The molecular weight excluding hydrogens is 164 g/mol. The van der Waals surface area contributed by atoms with Crippen molar-refractivity contribution in [2.75, 3.05) is 0 Å². The Morgan fingerprint density at radius 2 is 1.50 bits per heavy atom. The zero-order valence-corrected chi connectivity index (χ0v) is 6.70. The lowest BCUT2D eigenvalue weighted by Crippen LogP contribution is -2.25. The Labute approximate surface area is 68.6 Å². The molecule has 0 N–H and O–H groups in total. The Morgan fingerprint density at radius 1 is 1.08 bits per heavy atom. The van der Waals surface area contributed by atoms with Crippen LogP contribution in [0.25, 0.3) is 0 Å². The van der Waals surface area contributed by atoms with Crippen molar-refractivity contribution in [3.8, 4) is 0 Å². The van der Waals surface area contributed by atoms with Gasteiger partial charge < -0.3 is 14.2 Å². The molecule has 0 bridgehead atoms. The second kappa shape index (κ2) is 2.05. The van der Waals surface area contributed by atoms with Crippen LogP contribution in [0.4, 0.5) is 0 Å². The van der Waals surface area contributed by atoms with Crippen LogP contribution in [-0.2, 0) is 23.8 Å². The number of carbonyl (C=O) groups is 2. The molecule has 66 valence electrons. The molecule has 0 aromatic carbocycles. The highest BCUT2D eigenvalue weighted by Gasteiger charge is 2.56. The van der Waals surface area contributed by atoms with Crippen molar-refractivity contribution in [3.63, 3.8) is 0 Å². The van der Waals surface area contributed by atoms with Crippen LogP contribution in [0.5, 0.6) is 0 Å². The molecular formula is C7H8O5. The lowest BCUT2D eigenvalue weighted by molar-refractivity contribution is -0.186. The Bertz CT molecular complexity index is 233. The third-order valence-electron chi connectivity index (χ3n) is 1.76. The molecule has 2 fully saturated rings. The van der Waals surface area contributed by atoms with E-state index in [-0.39, 0.29) is 0 Å². The van der Waals surface area contributed by atoms with Gasteiger partial charge in [0.25, 0.3) is 0 Å². The zero-order chi connectivity index (χ0) is 8.93. The Kier molecular flexibility index (Phi) is 1.32. The average molecular weight is 172 g/mol. The predicted molar refractivity (Wildman–Crippen MR) is 34.9 cm³/mol. The van der Waals surface area contributed by atoms with Gasteiger partial charge in [-0.3, -0.25) is 0 Å². The highest BCUT2D eigenvalue weighted by molar-refractivity contribution is 6.00. The summed E-state index contributed by atoms with van der Waals surface area (Å²) in [5.74, 6) is -2.18. The van der Waals surface area contributed by atoms with E-state index in [1.54, 1.807) is 13.8 Å². The maximum Gasteiger partial charge on any atom is 0.346 e. The first-order valence-electron chi connectivity index (χ1n) is 3.61. The van der Waals surface area contributed by atoms with Crippen molar-refractivity contribution in [1.29, 1.82) is 0 Å². The standard InChI is InChI=1S/C7H8O5/c1-7(2)11-3-4(12-7)6(9)10-5(3)8/h3-4H,1-2H3/t3-,4+. The third-order valence-corrected chi connectivity index (χ3v) is 1.76. The summed E-state index contributed by atoms with van der Waals surface area (Å²) in [6.45, 7) is 3.29. The number of hydrogen-bond acceptors (Lipinski definition) is 5. The fourth-order valence-corrected chi connectivity index (χ4v) is 1.32. The highest BCUT2D eigenvalue weighted by atomic mass is 16.8. The van der Waals surface area contributed by atoms with Crippen molar-refractivity contribution in [2.45, 2.75) is 31.8 Å². The van der Waals surface area contributed by atoms with Crippen LogP contribution < -0.4 is 0 Å². The van der Waals surface area contributed by atoms with E-state index in [1.807, 2.05) is 0 Å². The minimum Gasteiger partial charge on any atom is -0.389 e. The van der Waals surface area contributed by atoms with Crippen LogP contribution in [0.15, 0.2) is 0 Å². The second-order valence-corrected chi connectivity index (χ2v) is 3.22. The monoisotopic (exact) mass is 172 g/mol. The van der Waals surface area contributed by atoms with Gasteiger partial charge in [-0.05, 0) is 13.8 Å². The van der Waals surface area contributed by atoms with E-state index < -0.39 is 29.9 Å². The predicted octanol–water partition coefficient (Wildman–Crippen LogP) is -0.410. The van der Waals surface area contributed by atoms with Gasteiger partial charge in [-0.25, -0.2) is 9.59 Å². The number of fused-ring (bicyclic) bond motifs is 1. The molecule has 0 aromatic rings. The number of esters is 2. The van der Waals surface area contributed by atoms with Gasteiger partial charge in [-0.15, -0.1) is 0 Å². The normalized spacial score (nSPS) is 38.2. The summed E-state index contributed by atoms with van der Waals surface area (Å²) in [4.78, 5) is 21.8. The molecule has 0 aliphatic carbocycles. The summed E-state index contributed by atoms with van der Waals surface area (Å²) in [5.41, 5.74) is 0. The SMILES string of the molecule is CC1(C)O[C@@H]2C(=O)OC(=O)[C@@H]2O1. The zero-order valence-electron chi connectivity index (χ0n) is 6.70. The maximum absolute atomic E-state index is 10.9. The van der Waals surface area contributed by atoms with Crippen molar-refractivity contribution >= 4 is 11.9 Å². The molecule has 0 amide bonds. The van der Waals surface area contributed by atoms with Gasteiger partial charge in [0.1, 0.15) is 0 Å². The molecule has 2 atom stereocenters. The van der Waals surface area contributed by atoms with Crippen LogP contribution >= 0.6 is 0 Å². The first-order valence-corrected chi connectivity index (χ1v) is 3.61. The Balaban J connectivity index is 2.26. The fourth-order valence-electron chi connectivity index (χ4n) is 1.32. The third kappa shape index (κ3) is 0.937. The largest absolute Gasteiger partial charge is 0.389 e. The van der Waals surface area contributed by atoms with E-state index in [0.29, 0.717) is 0 Å². The summed E-state index contributed by atoms with van der Waals surface area (Å²) < 4.78 is 14.6. The van der Waals surface area contributed by atoms with Crippen LogP contribution in [0.2, 0.25) is 0 Å². The quantitative estimate of drug-likeness (QED) is 0.367. The molecule has 2 heterocycles. The number of ether oxygens (including phenoxy) is 3. The topological polar surface area (TPSA) is 61.8 Å². The number of cyclic esters (lactones) is 2. The molecule has 0 saturated carbocycles. The van der Waals surface area contributed by atoms with Gasteiger partial charge in [0.2, 0.25) is 0 Å². The molecule has 0 radical (unpaired) electrons. The summed E-state index contributed by atoms with van der Waals surface area (Å²) in [5, 5.41) is 0. The van der Waals surface area contributed by atoms with Crippen molar-refractivity contribution < 1.29 is 23.8 Å². The molecule has 2 aliphatic heterocycles. The molecule has 2 saturated heterocycles. The van der Waals surface area contributed by atoms with Crippen molar-refractivity contribution in [3.05, 3.63) is 0 Å². The first-order chi connectivity index (χ1) is 5.49.